The molecule has 0 heterocycles. The molecule has 0 aliphatic heterocycles. The molecule has 2 unspecified atom stereocenters. The van der Waals surface area contributed by atoms with Crippen molar-refractivity contribution in [2.75, 3.05) is 6.54 Å². The largest absolute Gasteiger partial charge is 0.353 e. The van der Waals surface area contributed by atoms with Crippen molar-refractivity contribution >= 4 is 5.91 Å². The molecule has 0 bridgehead atoms. The molecule has 3 nitrogen and oxygen atoms in total. The second-order valence-electron chi connectivity index (χ2n) is 5.89. The lowest BCUT2D eigenvalue weighted by Crippen LogP contribution is -2.39. The van der Waals surface area contributed by atoms with Crippen molar-refractivity contribution in [3.8, 4) is 0 Å². The normalized spacial score (nSPS) is 24.2. The van der Waals surface area contributed by atoms with Crippen LogP contribution in [0.2, 0.25) is 0 Å². The van der Waals surface area contributed by atoms with Crippen LogP contribution in [0.15, 0.2) is 0 Å². The Kier molecular flexibility index (Phi) is 4.78. The smallest absolute Gasteiger partial charge is 0.221 e. The lowest BCUT2D eigenvalue weighted by atomic mass is 10.1. The summed E-state index contributed by atoms with van der Waals surface area (Å²) in [6, 6.07) is 0.474. The summed E-state index contributed by atoms with van der Waals surface area (Å²) >= 11 is 0. The van der Waals surface area contributed by atoms with Crippen molar-refractivity contribution < 1.29 is 4.79 Å². The van der Waals surface area contributed by atoms with Crippen molar-refractivity contribution in [2.24, 2.45) is 5.92 Å². The number of carbonyl (C=O) groups excluding carboxylic acids is 1. The van der Waals surface area contributed by atoms with E-state index >= 15 is 0 Å². The van der Waals surface area contributed by atoms with E-state index in [0.29, 0.717) is 12.5 Å². The molecule has 0 saturated heterocycles. The summed E-state index contributed by atoms with van der Waals surface area (Å²) in [6.45, 7) is 9.31. The van der Waals surface area contributed by atoms with Crippen LogP contribution in [0.1, 0.15) is 53.4 Å². The highest BCUT2D eigenvalue weighted by Crippen LogP contribution is 2.34. The van der Waals surface area contributed by atoms with Gasteiger partial charge in [0, 0.05) is 24.5 Å². The van der Waals surface area contributed by atoms with Crippen molar-refractivity contribution in [1.29, 1.82) is 0 Å². The molecule has 1 fully saturated rings. The lowest BCUT2D eigenvalue weighted by Gasteiger charge is -2.20. The van der Waals surface area contributed by atoms with Crippen LogP contribution in [0.3, 0.4) is 0 Å². The third-order valence-electron chi connectivity index (χ3n) is 2.94. The average Bonchev–Trinajstić information content (AvgIpc) is 2.81. The van der Waals surface area contributed by atoms with E-state index in [4.69, 9.17) is 0 Å². The standard InChI is InChI=1S/C13H26N2O/c1-5-6-10-9-11(10)15-12(16)7-8-14-13(2,3)4/h10-11,14H,5-9H2,1-4H3,(H,15,16). The Morgan fingerprint density at radius 2 is 2.06 bits per heavy atom. The van der Waals surface area contributed by atoms with Gasteiger partial charge in [-0.15, -0.1) is 0 Å². The average molecular weight is 226 g/mol. The minimum Gasteiger partial charge on any atom is -0.353 e. The molecule has 2 atom stereocenters. The maximum Gasteiger partial charge on any atom is 0.221 e. The van der Waals surface area contributed by atoms with Crippen molar-refractivity contribution in [2.45, 2.75) is 65.0 Å². The summed E-state index contributed by atoms with van der Waals surface area (Å²) in [4.78, 5) is 11.6. The Hall–Kier alpha value is -0.570. The Bertz CT molecular complexity index is 233. The van der Waals surface area contributed by atoms with Crippen LogP contribution >= 0.6 is 0 Å². The highest BCUT2D eigenvalue weighted by molar-refractivity contribution is 5.76. The van der Waals surface area contributed by atoms with Gasteiger partial charge in [0.25, 0.3) is 0 Å². The molecule has 1 rings (SSSR count). The Labute approximate surface area is 99.4 Å². The van der Waals surface area contributed by atoms with Gasteiger partial charge in [-0.2, -0.15) is 0 Å². The molecule has 0 aromatic rings. The van der Waals surface area contributed by atoms with Gasteiger partial charge in [-0.3, -0.25) is 4.79 Å². The molecule has 94 valence electrons. The second kappa shape index (κ2) is 5.67. The van der Waals surface area contributed by atoms with Crippen molar-refractivity contribution in [3.05, 3.63) is 0 Å². The van der Waals surface area contributed by atoms with E-state index in [0.717, 1.165) is 12.5 Å². The Morgan fingerprint density at radius 3 is 2.62 bits per heavy atom. The minimum absolute atomic E-state index is 0.102. The number of amides is 1. The molecule has 0 aromatic heterocycles. The summed E-state index contributed by atoms with van der Waals surface area (Å²) in [6.07, 6.45) is 4.26. The Balaban J connectivity index is 2.04. The molecule has 1 amide bonds. The molecule has 0 spiro atoms. The highest BCUT2D eigenvalue weighted by atomic mass is 16.1. The van der Waals surface area contributed by atoms with E-state index in [-0.39, 0.29) is 11.4 Å². The molecule has 0 aromatic carbocycles. The number of hydrogen-bond acceptors (Lipinski definition) is 2. The lowest BCUT2D eigenvalue weighted by molar-refractivity contribution is -0.121. The highest BCUT2D eigenvalue weighted by Gasteiger charge is 2.36. The maximum absolute atomic E-state index is 11.6. The fraction of sp³-hybridized carbons (Fsp3) is 0.923. The summed E-state index contributed by atoms with van der Waals surface area (Å²) < 4.78 is 0. The third-order valence-corrected chi connectivity index (χ3v) is 2.94. The quantitative estimate of drug-likeness (QED) is 0.728. The number of nitrogens with one attached hydrogen (secondary N) is 2. The molecule has 1 saturated carbocycles. The van der Waals surface area contributed by atoms with Crippen LogP contribution in [-0.4, -0.2) is 24.0 Å². The minimum atomic E-state index is 0.102. The van der Waals surface area contributed by atoms with Crippen LogP contribution in [0.5, 0.6) is 0 Å². The number of hydrogen-bond donors (Lipinski definition) is 2. The van der Waals surface area contributed by atoms with Gasteiger partial charge in [0.15, 0.2) is 0 Å². The van der Waals surface area contributed by atoms with Gasteiger partial charge < -0.3 is 10.6 Å². The first-order valence-corrected chi connectivity index (χ1v) is 6.47. The van der Waals surface area contributed by atoms with Gasteiger partial charge in [-0.25, -0.2) is 0 Å². The molecular formula is C13H26N2O. The molecule has 1 aliphatic rings. The van der Waals surface area contributed by atoms with Gasteiger partial charge in [-0.05, 0) is 39.5 Å². The molecule has 3 heteroatoms. The summed E-state index contributed by atoms with van der Waals surface area (Å²) in [5.41, 5.74) is 0.102. The van der Waals surface area contributed by atoms with Crippen LogP contribution in [0, 0.1) is 5.92 Å². The zero-order valence-electron chi connectivity index (χ0n) is 11.1. The predicted molar refractivity (Wildman–Crippen MR) is 67.3 cm³/mol. The fourth-order valence-electron chi connectivity index (χ4n) is 1.94. The number of rotatable bonds is 6. The van der Waals surface area contributed by atoms with Gasteiger partial charge in [-0.1, -0.05) is 13.3 Å². The van der Waals surface area contributed by atoms with Crippen molar-refractivity contribution in [3.63, 3.8) is 0 Å². The fourth-order valence-corrected chi connectivity index (χ4v) is 1.94. The maximum atomic E-state index is 11.6. The summed E-state index contributed by atoms with van der Waals surface area (Å²) in [5, 5.41) is 6.42. The van der Waals surface area contributed by atoms with Crippen LogP contribution in [-0.2, 0) is 4.79 Å². The second-order valence-corrected chi connectivity index (χ2v) is 5.89. The first kappa shape index (κ1) is 13.5. The molecule has 2 N–H and O–H groups in total. The zero-order chi connectivity index (χ0) is 12.2. The first-order chi connectivity index (χ1) is 7.42. The van der Waals surface area contributed by atoms with E-state index in [1.807, 2.05) is 0 Å². The summed E-state index contributed by atoms with van der Waals surface area (Å²) in [5.74, 6) is 0.949. The third kappa shape index (κ3) is 5.50. The van der Waals surface area contributed by atoms with Crippen molar-refractivity contribution in [1.82, 2.24) is 10.6 Å². The van der Waals surface area contributed by atoms with E-state index in [2.05, 4.69) is 38.3 Å². The number of carbonyl (C=O) groups is 1. The Morgan fingerprint density at radius 1 is 1.38 bits per heavy atom. The van der Waals surface area contributed by atoms with Gasteiger partial charge in [0.05, 0.1) is 0 Å². The van der Waals surface area contributed by atoms with Gasteiger partial charge in [0.1, 0.15) is 0 Å². The van der Waals surface area contributed by atoms with Gasteiger partial charge >= 0.3 is 0 Å². The van der Waals surface area contributed by atoms with E-state index < -0.39 is 0 Å². The van der Waals surface area contributed by atoms with Crippen LogP contribution in [0.25, 0.3) is 0 Å². The molecular weight excluding hydrogens is 200 g/mol. The van der Waals surface area contributed by atoms with E-state index in [1.165, 1.54) is 19.3 Å². The molecule has 16 heavy (non-hydrogen) atoms. The molecule has 0 radical (unpaired) electrons. The zero-order valence-corrected chi connectivity index (χ0v) is 11.1. The monoisotopic (exact) mass is 226 g/mol. The van der Waals surface area contributed by atoms with Crippen LogP contribution in [0.4, 0.5) is 0 Å². The summed E-state index contributed by atoms with van der Waals surface area (Å²) in [7, 11) is 0. The van der Waals surface area contributed by atoms with Crippen LogP contribution < -0.4 is 10.6 Å². The first-order valence-electron chi connectivity index (χ1n) is 6.47. The van der Waals surface area contributed by atoms with E-state index in [9.17, 15) is 4.79 Å². The van der Waals surface area contributed by atoms with Gasteiger partial charge in [0.2, 0.25) is 5.91 Å². The SMILES string of the molecule is CCCC1CC1NC(=O)CCNC(C)(C)C. The molecule has 1 aliphatic carbocycles. The predicted octanol–water partition coefficient (Wildman–Crippen LogP) is 2.07. The van der Waals surface area contributed by atoms with E-state index in [1.54, 1.807) is 0 Å². The topological polar surface area (TPSA) is 41.1 Å².